The van der Waals surface area contributed by atoms with Gasteiger partial charge in [-0.2, -0.15) is 10.1 Å². The molecule has 2 rings (SSSR count). The molecular formula is C9H9N5O2. The van der Waals surface area contributed by atoms with Crippen LogP contribution in [0.2, 0.25) is 0 Å². The van der Waals surface area contributed by atoms with E-state index in [0.717, 1.165) is 0 Å². The van der Waals surface area contributed by atoms with Gasteiger partial charge < -0.3 is 4.74 Å². The Morgan fingerprint density at radius 2 is 2.50 bits per heavy atom. The zero-order chi connectivity index (χ0) is 11.2. The maximum Gasteiger partial charge on any atom is 0.264 e. The van der Waals surface area contributed by atoms with Crippen molar-refractivity contribution < 1.29 is 9.53 Å². The Morgan fingerprint density at radius 3 is 3.19 bits per heavy atom. The molecule has 0 atom stereocenters. The molecule has 7 heteroatoms. The summed E-state index contributed by atoms with van der Waals surface area (Å²) in [4.78, 5) is 18.9. The van der Waals surface area contributed by atoms with E-state index in [1.807, 2.05) is 0 Å². The molecule has 0 unspecified atom stereocenters. The Kier molecular flexibility index (Phi) is 3.07. The van der Waals surface area contributed by atoms with Gasteiger partial charge in [-0.1, -0.05) is 0 Å². The summed E-state index contributed by atoms with van der Waals surface area (Å²) >= 11 is 0. The van der Waals surface area contributed by atoms with Crippen molar-refractivity contribution in [3.63, 3.8) is 0 Å². The number of amides is 1. The number of hydrogen-bond acceptors (Lipinski definition) is 5. The maximum atomic E-state index is 11.3. The number of hydrogen-bond donors (Lipinski definition) is 2. The highest BCUT2D eigenvalue weighted by molar-refractivity contribution is 5.90. The molecule has 0 aromatic carbocycles. The number of nitrogens with one attached hydrogen (secondary N) is 2. The number of H-pyrrole nitrogens is 1. The second kappa shape index (κ2) is 4.87. The van der Waals surface area contributed by atoms with Gasteiger partial charge in [0.15, 0.2) is 6.61 Å². The molecule has 2 heterocycles. The fraction of sp³-hybridized carbons (Fsp3) is 0.111. The smallest absolute Gasteiger partial charge is 0.264 e. The van der Waals surface area contributed by atoms with E-state index in [1.165, 1.54) is 12.5 Å². The SMILES string of the molecule is O=C(COc1cccnc1)Nc1ncn[nH]1. The lowest BCUT2D eigenvalue weighted by atomic mass is 10.5. The average Bonchev–Trinajstić information content (AvgIpc) is 2.81. The summed E-state index contributed by atoms with van der Waals surface area (Å²) in [5.74, 6) is 0.510. The van der Waals surface area contributed by atoms with Crippen LogP contribution in [0.25, 0.3) is 0 Å². The Bertz CT molecular complexity index is 442. The predicted molar refractivity (Wildman–Crippen MR) is 54.7 cm³/mol. The minimum absolute atomic E-state index is 0.105. The fourth-order valence-electron chi connectivity index (χ4n) is 1.02. The first-order valence-electron chi connectivity index (χ1n) is 4.52. The molecule has 16 heavy (non-hydrogen) atoms. The number of nitrogens with zero attached hydrogens (tertiary/aromatic N) is 3. The molecule has 1 amide bonds. The van der Waals surface area contributed by atoms with Crippen LogP contribution in [0.5, 0.6) is 5.75 Å². The van der Waals surface area contributed by atoms with Crippen LogP contribution in [-0.4, -0.2) is 32.7 Å². The van der Waals surface area contributed by atoms with Gasteiger partial charge in [0.1, 0.15) is 12.1 Å². The minimum atomic E-state index is -0.319. The van der Waals surface area contributed by atoms with Crippen molar-refractivity contribution in [1.29, 1.82) is 0 Å². The van der Waals surface area contributed by atoms with Crippen molar-refractivity contribution in [3.8, 4) is 5.75 Å². The van der Waals surface area contributed by atoms with Gasteiger partial charge in [-0.25, -0.2) is 5.10 Å². The fourth-order valence-corrected chi connectivity index (χ4v) is 1.02. The molecule has 0 aliphatic heterocycles. The van der Waals surface area contributed by atoms with Crippen LogP contribution in [-0.2, 0) is 4.79 Å². The van der Waals surface area contributed by atoms with E-state index in [1.54, 1.807) is 18.3 Å². The summed E-state index contributed by atoms with van der Waals surface area (Å²) in [6.07, 6.45) is 4.46. The summed E-state index contributed by atoms with van der Waals surface area (Å²) < 4.78 is 5.18. The molecule has 7 nitrogen and oxygen atoms in total. The third-order valence-corrected chi connectivity index (χ3v) is 1.68. The molecule has 0 radical (unpaired) electrons. The van der Waals surface area contributed by atoms with Gasteiger partial charge in [-0.3, -0.25) is 15.1 Å². The molecule has 0 fully saturated rings. The Balaban J connectivity index is 1.80. The second-order valence-electron chi connectivity index (χ2n) is 2.86. The van der Waals surface area contributed by atoms with Crippen molar-refractivity contribution in [1.82, 2.24) is 20.2 Å². The van der Waals surface area contributed by atoms with Crippen molar-refractivity contribution in [2.24, 2.45) is 0 Å². The first kappa shape index (κ1) is 10.1. The van der Waals surface area contributed by atoms with Gasteiger partial charge in [0.25, 0.3) is 5.91 Å². The van der Waals surface area contributed by atoms with Crippen molar-refractivity contribution in [2.45, 2.75) is 0 Å². The van der Waals surface area contributed by atoms with E-state index in [0.29, 0.717) is 11.7 Å². The number of anilines is 1. The lowest BCUT2D eigenvalue weighted by Crippen LogP contribution is -2.20. The summed E-state index contributed by atoms with van der Waals surface area (Å²) in [5, 5.41) is 8.58. The van der Waals surface area contributed by atoms with Gasteiger partial charge in [-0.05, 0) is 12.1 Å². The molecule has 0 bridgehead atoms. The molecule has 2 aromatic heterocycles. The zero-order valence-electron chi connectivity index (χ0n) is 8.25. The largest absolute Gasteiger partial charge is 0.482 e. The molecule has 0 saturated heterocycles. The van der Waals surface area contributed by atoms with E-state index in [-0.39, 0.29) is 12.5 Å². The van der Waals surface area contributed by atoms with Crippen LogP contribution < -0.4 is 10.1 Å². The third-order valence-electron chi connectivity index (χ3n) is 1.68. The third kappa shape index (κ3) is 2.77. The molecular weight excluding hydrogens is 210 g/mol. The number of ether oxygens (including phenoxy) is 1. The van der Waals surface area contributed by atoms with Crippen LogP contribution in [0.15, 0.2) is 30.9 Å². The highest BCUT2D eigenvalue weighted by Gasteiger charge is 2.04. The zero-order valence-corrected chi connectivity index (χ0v) is 8.25. The highest BCUT2D eigenvalue weighted by Crippen LogP contribution is 2.05. The number of carbonyl (C=O) groups excluding carboxylic acids is 1. The van der Waals surface area contributed by atoms with Crippen LogP contribution in [0, 0.1) is 0 Å². The number of aromatic nitrogens is 4. The Labute approximate surface area is 90.9 Å². The monoisotopic (exact) mass is 219 g/mol. The predicted octanol–water partition coefficient (Wildman–Crippen LogP) is 0.217. The van der Waals surface area contributed by atoms with Gasteiger partial charge >= 0.3 is 0 Å². The standard InChI is InChI=1S/C9H9N5O2/c15-8(13-9-11-6-12-14-9)5-16-7-2-1-3-10-4-7/h1-4,6H,5H2,(H2,11,12,13,14,15). The lowest BCUT2D eigenvalue weighted by molar-refractivity contribution is -0.118. The van der Waals surface area contributed by atoms with Gasteiger partial charge in [0, 0.05) is 6.20 Å². The number of pyridine rings is 1. The number of rotatable bonds is 4. The van der Waals surface area contributed by atoms with Gasteiger partial charge in [-0.15, -0.1) is 0 Å². The van der Waals surface area contributed by atoms with Crippen molar-refractivity contribution in [2.75, 3.05) is 11.9 Å². The van der Waals surface area contributed by atoms with E-state index in [9.17, 15) is 4.79 Å². The Hall–Kier alpha value is -2.44. The molecule has 0 aliphatic rings. The molecule has 0 saturated carbocycles. The first-order valence-corrected chi connectivity index (χ1v) is 4.52. The summed E-state index contributed by atoms with van der Waals surface area (Å²) in [5.41, 5.74) is 0. The van der Waals surface area contributed by atoms with Gasteiger partial charge in [0.05, 0.1) is 6.20 Å². The van der Waals surface area contributed by atoms with E-state index in [2.05, 4.69) is 25.5 Å². The molecule has 0 aliphatic carbocycles. The average molecular weight is 219 g/mol. The quantitative estimate of drug-likeness (QED) is 0.767. The van der Waals surface area contributed by atoms with Crippen LogP contribution in [0.3, 0.4) is 0 Å². The second-order valence-corrected chi connectivity index (χ2v) is 2.86. The molecule has 82 valence electrons. The number of aromatic amines is 1. The minimum Gasteiger partial charge on any atom is -0.482 e. The van der Waals surface area contributed by atoms with Crippen LogP contribution in [0.4, 0.5) is 5.95 Å². The van der Waals surface area contributed by atoms with Gasteiger partial charge in [0.2, 0.25) is 5.95 Å². The number of carbonyl (C=O) groups is 1. The normalized spacial score (nSPS) is 9.75. The Morgan fingerprint density at radius 1 is 1.56 bits per heavy atom. The van der Waals surface area contributed by atoms with E-state index >= 15 is 0 Å². The van der Waals surface area contributed by atoms with Crippen molar-refractivity contribution in [3.05, 3.63) is 30.9 Å². The topological polar surface area (TPSA) is 92.8 Å². The summed E-state index contributed by atoms with van der Waals surface area (Å²) in [6.45, 7) is -0.105. The van der Waals surface area contributed by atoms with Crippen LogP contribution in [0.1, 0.15) is 0 Å². The summed E-state index contributed by atoms with van der Waals surface area (Å²) in [6, 6.07) is 3.44. The van der Waals surface area contributed by atoms with E-state index in [4.69, 9.17) is 4.74 Å². The van der Waals surface area contributed by atoms with E-state index < -0.39 is 0 Å². The molecule has 0 spiro atoms. The summed E-state index contributed by atoms with van der Waals surface area (Å²) in [7, 11) is 0. The maximum absolute atomic E-state index is 11.3. The highest BCUT2D eigenvalue weighted by atomic mass is 16.5. The molecule has 2 aromatic rings. The lowest BCUT2D eigenvalue weighted by Gasteiger charge is -2.04. The van der Waals surface area contributed by atoms with Crippen molar-refractivity contribution >= 4 is 11.9 Å². The first-order chi connectivity index (χ1) is 7.84. The van der Waals surface area contributed by atoms with Crippen LogP contribution >= 0.6 is 0 Å². The molecule has 2 N–H and O–H groups in total.